The Balaban J connectivity index is 2.99. The Labute approximate surface area is 104 Å². The fourth-order valence-corrected chi connectivity index (χ4v) is 1.44. The number of rotatable bonds is 2. The first-order valence-corrected chi connectivity index (χ1v) is 6.05. The number of hydrogen-bond acceptors (Lipinski definition) is 2. The molecule has 0 fully saturated rings. The van der Waals surface area contributed by atoms with Gasteiger partial charge in [-0.05, 0) is 24.6 Å². The fraction of sp³-hybridized carbons (Fsp3) is 0.308. The number of halogens is 1. The van der Waals surface area contributed by atoms with Crippen LogP contribution in [0.5, 0.6) is 0 Å². The van der Waals surface area contributed by atoms with E-state index in [-0.39, 0.29) is 5.97 Å². The molecule has 84 valence electrons. The van der Waals surface area contributed by atoms with Crippen molar-refractivity contribution in [2.45, 2.75) is 13.3 Å². The normalized spacial score (nSPS) is 9.19. The summed E-state index contributed by atoms with van der Waals surface area (Å²) in [6, 6.07) is 5.55. The van der Waals surface area contributed by atoms with Crippen molar-refractivity contribution < 1.29 is 9.53 Å². The van der Waals surface area contributed by atoms with Gasteiger partial charge in [0.25, 0.3) is 0 Å². The molecule has 0 bridgehead atoms. The molecule has 0 aliphatic carbocycles. The number of carbonyl (C=O) groups excluding carboxylic acids is 1. The van der Waals surface area contributed by atoms with Crippen LogP contribution in [0.4, 0.5) is 0 Å². The van der Waals surface area contributed by atoms with Gasteiger partial charge in [-0.3, -0.25) is 0 Å². The first kappa shape index (κ1) is 12.8. The number of ether oxygens (including phenoxy) is 1. The maximum absolute atomic E-state index is 11.4. The first-order valence-electron chi connectivity index (χ1n) is 4.93. The molecule has 0 atom stereocenters. The molecule has 1 rings (SSSR count). The zero-order valence-corrected chi connectivity index (χ0v) is 10.9. The van der Waals surface area contributed by atoms with Crippen molar-refractivity contribution in [1.82, 2.24) is 0 Å². The number of hydrogen-bond donors (Lipinski definition) is 0. The molecule has 0 aliphatic rings. The second-order valence-electron chi connectivity index (χ2n) is 3.26. The van der Waals surface area contributed by atoms with Crippen molar-refractivity contribution in [3.63, 3.8) is 0 Å². The summed E-state index contributed by atoms with van der Waals surface area (Å²) in [5.41, 5.74) is 2.32. The van der Waals surface area contributed by atoms with Crippen molar-refractivity contribution in [2.24, 2.45) is 0 Å². The van der Waals surface area contributed by atoms with E-state index in [4.69, 9.17) is 4.74 Å². The summed E-state index contributed by atoms with van der Waals surface area (Å²) in [5, 5.41) is 0.857. The lowest BCUT2D eigenvalue weighted by molar-refractivity contribution is 0.0600. The van der Waals surface area contributed by atoms with Gasteiger partial charge in [0, 0.05) is 17.3 Å². The zero-order valence-electron chi connectivity index (χ0n) is 9.34. The minimum absolute atomic E-state index is 0.318. The summed E-state index contributed by atoms with van der Waals surface area (Å²) < 4.78 is 4.70. The number of esters is 1. The molecule has 0 N–H and O–H groups in total. The predicted molar refractivity (Wildman–Crippen MR) is 67.8 cm³/mol. The van der Waals surface area contributed by atoms with Gasteiger partial charge in [0.15, 0.2) is 0 Å². The predicted octanol–water partition coefficient (Wildman–Crippen LogP) is 2.92. The van der Waals surface area contributed by atoms with Crippen LogP contribution in [0.15, 0.2) is 18.2 Å². The monoisotopic (exact) mass is 280 g/mol. The van der Waals surface area contributed by atoms with Crippen LogP contribution in [-0.2, 0) is 4.74 Å². The number of methoxy groups -OCH3 is 1. The molecular formula is C13H13BrO2. The molecule has 0 saturated heterocycles. The van der Waals surface area contributed by atoms with Gasteiger partial charge in [-0.15, -0.1) is 0 Å². The lowest BCUT2D eigenvalue weighted by Crippen LogP contribution is -2.03. The van der Waals surface area contributed by atoms with Gasteiger partial charge in [0.1, 0.15) is 0 Å². The molecular weight excluding hydrogens is 268 g/mol. The van der Waals surface area contributed by atoms with Gasteiger partial charge in [-0.1, -0.05) is 33.8 Å². The molecule has 0 aliphatic heterocycles. The van der Waals surface area contributed by atoms with Crippen LogP contribution in [0.25, 0.3) is 0 Å². The lowest BCUT2D eigenvalue weighted by atomic mass is 10.1. The molecule has 0 amide bonds. The molecule has 0 spiro atoms. The third-order valence-corrected chi connectivity index (χ3v) is 2.49. The van der Waals surface area contributed by atoms with Crippen LogP contribution in [0.3, 0.4) is 0 Å². The van der Waals surface area contributed by atoms with Crippen LogP contribution < -0.4 is 0 Å². The Morgan fingerprint density at radius 1 is 1.50 bits per heavy atom. The maximum atomic E-state index is 11.4. The summed E-state index contributed by atoms with van der Waals surface area (Å²) in [6.07, 6.45) is 0.793. The second kappa shape index (κ2) is 6.34. The SMILES string of the molecule is COC(=O)c1cc(C#CCCBr)ccc1C. The average molecular weight is 281 g/mol. The van der Waals surface area contributed by atoms with Crippen LogP contribution in [0.1, 0.15) is 27.9 Å². The number of carbonyl (C=O) groups is 1. The average Bonchev–Trinajstić information content (AvgIpc) is 2.30. The van der Waals surface area contributed by atoms with Crippen LogP contribution in [0.2, 0.25) is 0 Å². The summed E-state index contributed by atoms with van der Waals surface area (Å²) in [5.74, 6) is 5.69. The molecule has 0 heterocycles. The highest BCUT2D eigenvalue weighted by Crippen LogP contribution is 2.11. The van der Waals surface area contributed by atoms with Crippen molar-refractivity contribution in [3.8, 4) is 11.8 Å². The zero-order chi connectivity index (χ0) is 12.0. The highest BCUT2D eigenvalue weighted by Gasteiger charge is 2.08. The van der Waals surface area contributed by atoms with Crippen LogP contribution >= 0.6 is 15.9 Å². The van der Waals surface area contributed by atoms with Gasteiger partial charge in [-0.2, -0.15) is 0 Å². The van der Waals surface area contributed by atoms with E-state index in [0.717, 1.165) is 22.9 Å². The van der Waals surface area contributed by atoms with Crippen molar-refractivity contribution in [3.05, 3.63) is 34.9 Å². The topological polar surface area (TPSA) is 26.3 Å². The van der Waals surface area contributed by atoms with E-state index in [9.17, 15) is 4.79 Å². The Morgan fingerprint density at radius 3 is 2.88 bits per heavy atom. The van der Waals surface area contributed by atoms with Crippen molar-refractivity contribution in [2.75, 3.05) is 12.4 Å². The second-order valence-corrected chi connectivity index (χ2v) is 4.06. The first-order chi connectivity index (χ1) is 7.69. The van der Waals surface area contributed by atoms with Gasteiger partial charge >= 0.3 is 5.97 Å². The molecule has 0 saturated carbocycles. The summed E-state index contributed by atoms with van der Waals surface area (Å²) in [7, 11) is 1.38. The Hall–Kier alpha value is -1.27. The third kappa shape index (κ3) is 3.39. The van der Waals surface area contributed by atoms with E-state index >= 15 is 0 Å². The Morgan fingerprint density at radius 2 is 2.25 bits per heavy atom. The molecule has 0 aromatic heterocycles. The van der Waals surface area contributed by atoms with E-state index in [1.54, 1.807) is 6.07 Å². The van der Waals surface area contributed by atoms with Gasteiger partial charge in [-0.25, -0.2) is 4.79 Å². The minimum Gasteiger partial charge on any atom is -0.465 e. The molecule has 0 unspecified atom stereocenters. The molecule has 1 aromatic rings. The molecule has 3 heteroatoms. The summed E-state index contributed by atoms with van der Waals surface area (Å²) in [6.45, 7) is 1.88. The van der Waals surface area contributed by atoms with E-state index in [2.05, 4.69) is 27.8 Å². The van der Waals surface area contributed by atoms with Gasteiger partial charge in [0.05, 0.1) is 12.7 Å². The standard InChI is InChI=1S/C13H13BrO2/c1-10-6-7-11(5-3-4-8-14)9-12(10)13(15)16-2/h6-7,9H,4,8H2,1-2H3. The maximum Gasteiger partial charge on any atom is 0.338 e. The number of alkyl halides is 1. The third-order valence-electron chi connectivity index (χ3n) is 2.10. The molecule has 16 heavy (non-hydrogen) atoms. The molecule has 2 nitrogen and oxygen atoms in total. The Kier molecular flexibility index (Phi) is 5.07. The minimum atomic E-state index is -0.318. The lowest BCUT2D eigenvalue weighted by Gasteiger charge is -2.03. The van der Waals surface area contributed by atoms with Crippen molar-refractivity contribution >= 4 is 21.9 Å². The fourth-order valence-electron chi connectivity index (χ4n) is 1.24. The van der Waals surface area contributed by atoms with Crippen molar-refractivity contribution in [1.29, 1.82) is 0 Å². The summed E-state index contributed by atoms with van der Waals surface area (Å²) in [4.78, 5) is 11.4. The summed E-state index contributed by atoms with van der Waals surface area (Å²) >= 11 is 3.31. The highest BCUT2D eigenvalue weighted by atomic mass is 79.9. The van der Waals surface area contributed by atoms with E-state index in [1.165, 1.54) is 7.11 Å². The molecule has 0 radical (unpaired) electrons. The van der Waals surface area contributed by atoms with E-state index in [0.29, 0.717) is 5.56 Å². The van der Waals surface area contributed by atoms with Crippen LogP contribution in [0, 0.1) is 18.8 Å². The van der Waals surface area contributed by atoms with Gasteiger partial charge in [0.2, 0.25) is 0 Å². The smallest absolute Gasteiger partial charge is 0.338 e. The molecule has 1 aromatic carbocycles. The van der Waals surface area contributed by atoms with Crippen LogP contribution in [-0.4, -0.2) is 18.4 Å². The largest absolute Gasteiger partial charge is 0.465 e. The highest BCUT2D eigenvalue weighted by molar-refractivity contribution is 9.09. The van der Waals surface area contributed by atoms with Gasteiger partial charge < -0.3 is 4.74 Å². The quantitative estimate of drug-likeness (QED) is 0.473. The Bertz CT molecular complexity index is 441. The number of aryl methyl sites for hydroxylation is 1. The number of benzene rings is 1. The van der Waals surface area contributed by atoms with E-state index in [1.807, 2.05) is 19.1 Å². The van der Waals surface area contributed by atoms with E-state index < -0.39 is 0 Å².